The summed E-state index contributed by atoms with van der Waals surface area (Å²) in [6.07, 6.45) is 0.830. The van der Waals surface area contributed by atoms with E-state index in [0.29, 0.717) is 24.6 Å². The molecule has 2 aromatic heterocycles. The molecule has 0 spiro atoms. The van der Waals surface area contributed by atoms with Crippen LogP contribution in [-0.2, 0) is 24.8 Å². The molecule has 0 bridgehead atoms. The molecule has 8 nitrogen and oxygen atoms in total. The van der Waals surface area contributed by atoms with E-state index in [0.717, 1.165) is 44.1 Å². The van der Waals surface area contributed by atoms with Crippen LogP contribution in [0.1, 0.15) is 29.1 Å². The minimum atomic E-state index is 0.140. The molecule has 0 atom stereocenters. The summed E-state index contributed by atoms with van der Waals surface area (Å²) in [5, 5.41) is 12.5. The average molecular weight is 409 g/mol. The summed E-state index contributed by atoms with van der Waals surface area (Å²) in [6, 6.07) is 10.6. The zero-order valence-electron chi connectivity index (χ0n) is 17.8. The normalized spacial score (nSPS) is 15.0. The molecule has 1 aliphatic heterocycles. The number of carbonyl (C=O) groups excluding carboxylic acids is 1. The largest absolute Gasteiger partial charge is 0.419 e. The molecule has 1 aromatic carbocycles. The van der Waals surface area contributed by atoms with Crippen LogP contribution >= 0.6 is 0 Å². The lowest BCUT2D eigenvalue weighted by Gasteiger charge is -2.34. The Hall–Kier alpha value is -3.00. The van der Waals surface area contributed by atoms with Gasteiger partial charge in [-0.15, -0.1) is 10.2 Å². The van der Waals surface area contributed by atoms with Crippen molar-refractivity contribution in [2.24, 2.45) is 7.05 Å². The van der Waals surface area contributed by atoms with Gasteiger partial charge in [0.15, 0.2) is 0 Å². The average Bonchev–Trinajstić information content (AvgIpc) is 3.34. The molecule has 158 valence electrons. The highest BCUT2D eigenvalue weighted by Crippen LogP contribution is 2.19. The summed E-state index contributed by atoms with van der Waals surface area (Å²) in [5.41, 5.74) is 4.26. The lowest BCUT2D eigenvalue weighted by atomic mass is 10.1. The van der Waals surface area contributed by atoms with Crippen molar-refractivity contribution in [2.75, 3.05) is 26.2 Å². The SMILES string of the molecule is Cc1ccc(CN2CCN(C(=O)CCc3nnc(-c4cc(C)nn4C)o3)CC2)cc1. The quantitative estimate of drug-likeness (QED) is 0.623. The molecule has 0 N–H and O–H groups in total. The van der Waals surface area contributed by atoms with E-state index in [2.05, 4.69) is 51.4 Å². The lowest BCUT2D eigenvalue weighted by molar-refractivity contribution is -0.133. The first kappa shape index (κ1) is 20.3. The summed E-state index contributed by atoms with van der Waals surface area (Å²) in [5.74, 6) is 1.06. The number of amides is 1. The third kappa shape index (κ3) is 4.76. The fourth-order valence-electron chi connectivity index (χ4n) is 3.75. The van der Waals surface area contributed by atoms with E-state index in [4.69, 9.17) is 4.42 Å². The minimum Gasteiger partial charge on any atom is -0.419 e. The zero-order chi connectivity index (χ0) is 21.1. The maximum Gasteiger partial charge on any atom is 0.265 e. The van der Waals surface area contributed by atoms with Gasteiger partial charge in [-0.3, -0.25) is 14.4 Å². The number of aromatic nitrogens is 4. The number of piperazine rings is 1. The molecule has 1 amide bonds. The third-order valence-corrected chi connectivity index (χ3v) is 5.49. The van der Waals surface area contributed by atoms with Crippen molar-refractivity contribution in [3.8, 4) is 11.6 Å². The summed E-state index contributed by atoms with van der Waals surface area (Å²) in [4.78, 5) is 16.9. The predicted molar refractivity (Wildman–Crippen MR) is 113 cm³/mol. The van der Waals surface area contributed by atoms with Crippen LogP contribution in [0, 0.1) is 13.8 Å². The van der Waals surface area contributed by atoms with E-state index in [1.807, 2.05) is 24.9 Å². The van der Waals surface area contributed by atoms with Crippen LogP contribution in [0.5, 0.6) is 0 Å². The first-order valence-corrected chi connectivity index (χ1v) is 10.4. The second-order valence-electron chi connectivity index (χ2n) is 7.94. The third-order valence-electron chi connectivity index (χ3n) is 5.49. The van der Waals surface area contributed by atoms with Gasteiger partial charge in [-0.2, -0.15) is 5.10 Å². The van der Waals surface area contributed by atoms with Gasteiger partial charge in [-0.25, -0.2) is 0 Å². The maximum atomic E-state index is 12.6. The second-order valence-corrected chi connectivity index (χ2v) is 7.94. The van der Waals surface area contributed by atoms with E-state index < -0.39 is 0 Å². The fraction of sp³-hybridized carbons (Fsp3) is 0.455. The van der Waals surface area contributed by atoms with Crippen LogP contribution in [0.3, 0.4) is 0 Å². The number of carbonyl (C=O) groups is 1. The molecule has 3 heterocycles. The Morgan fingerprint density at radius 2 is 1.80 bits per heavy atom. The summed E-state index contributed by atoms with van der Waals surface area (Å²) < 4.78 is 7.45. The van der Waals surface area contributed by atoms with Crippen molar-refractivity contribution in [3.63, 3.8) is 0 Å². The van der Waals surface area contributed by atoms with Crippen molar-refractivity contribution in [3.05, 3.63) is 53.0 Å². The topological polar surface area (TPSA) is 80.3 Å². The Labute approximate surface area is 176 Å². The van der Waals surface area contributed by atoms with Crippen molar-refractivity contribution in [1.29, 1.82) is 0 Å². The highest BCUT2D eigenvalue weighted by molar-refractivity contribution is 5.76. The van der Waals surface area contributed by atoms with Gasteiger partial charge in [-0.1, -0.05) is 29.8 Å². The van der Waals surface area contributed by atoms with Crippen molar-refractivity contribution < 1.29 is 9.21 Å². The van der Waals surface area contributed by atoms with E-state index in [1.54, 1.807) is 4.68 Å². The smallest absolute Gasteiger partial charge is 0.265 e. The number of aryl methyl sites for hydroxylation is 4. The van der Waals surface area contributed by atoms with Crippen molar-refractivity contribution >= 4 is 5.91 Å². The van der Waals surface area contributed by atoms with Gasteiger partial charge in [-0.05, 0) is 25.5 Å². The zero-order valence-corrected chi connectivity index (χ0v) is 17.8. The van der Waals surface area contributed by atoms with Crippen molar-refractivity contribution in [1.82, 2.24) is 29.8 Å². The number of nitrogens with zero attached hydrogens (tertiary/aromatic N) is 6. The molecular weight excluding hydrogens is 380 g/mol. The van der Waals surface area contributed by atoms with E-state index >= 15 is 0 Å². The van der Waals surface area contributed by atoms with Gasteiger partial charge in [0.1, 0.15) is 5.69 Å². The van der Waals surface area contributed by atoms with Gasteiger partial charge >= 0.3 is 0 Å². The molecule has 1 fully saturated rings. The number of rotatable bonds is 6. The molecule has 0 saturated carbocycles. The summed E-state index contributed by atoms with van der Waals surface area (Å²) >= 11 is 0. The molecule has 3 aromatic rings. The van der Waals surface area contributed by atoms with Crippen LogP contribution < -0.4 is 0 Å². The maximum absolute atomic E-state index is 12.6. The van der Waals surface area contributed by atoms with Gasteiger partial charge in [0.25, 0.3) is 5.89 Å². The predicted octanol–water partition coefficient (Wildman–Crippen LogP) is 2.36. The molecule has 0 aliphatic carbocycles. The van der Waals surface area contributed by atoms with Gasteiger partial charge in [0, 0.05) is 52.6 Å². The molecule has 1 aliphatic rings. The lowest BCUT2D eigenvalue weighted by Crippen LogP contribution is -2.48. The Bertz CT molecular complexity index is 999. The standard InChI is InChI=1S/C22H28N6O2/c1-16-4-6-18(7-5-16)15-27-10-12-28(13-11-27)21(29)9-8-20-23-24-22(30-20)19-14-17(2)25-26(19)3/h4-7,14H,8-13,15H2,1-3H3. The fourth-order valence-corrected chi connectivity index (χ4v) is 3.75. The Balaban J connectivity index is 1.24. The van der Waals surface area contributed by atoms with Crippen LogP contribution in [0.4, 0.5) is 0 Å². The van der Waals surface area contributed by atoms with Crippen LogP contribution in [0.15, 0.2) is 34.7 Å². The van der Waals surface area contributed by atoms with E-state index in [-0.39, 0.29) is 5.91 Å². The number of hydrogen-bond acceptors (Lipinski definition) is 6. The summed E-state index contributed by atoms with van der Waals surface area (Å²) in [6.45, 7) is 8.25. The van der Waals surface area contributed by atoms with E-state index in [9.17, 15) is 4.79 Å². The molecule has 30 heavy (non-hydrogen) atoms. The van der Waals surface area contributed by atoms with Gasteiger partial charge < -0.3 is 9.32 Å². The summed E-state index contributed by atoms with van der Waals surface area (Å²) in [7, 11) is 1.84. The molecular formula is C22H28N6O2. The first-order chi connectivity index (χ1) is 14.5. The first-order valence-electron chi connectivity index (χ1n) is 10.4. The van der Waals surface area contributed by atoms with Crippen LogP contribution in [-0.4, -0.2) is 61.9 Å². The van der Waals surface area contributed by atoms with Crippen molar-refractivity contribution in [2.45, 2.75) is 33.2 Å². The molecule has 1 saturated heterocycles. The molecule has 0 radical (unpaired) electrons. The van der Waals surface area contributed by atoms with Gasteiger partial charge in [0.05, 0.1) is 5.69 Å². The number of benzene rings is 1. The highest BCUT2D eigenvalue weighted by atomic mass is 16.4. The second kappa shape index (κ2) is 8.79. The Morgan fingerprint density at radius 3 is 2.47 bits per heavy atom. The number of hydrogen-bond donors (Lipinski definition) is 0. The Morgan fingerprint density at radius 1 is 1.07 bits per heavy atom. The minimum absolute atomic E-state index is 0.140. The van der Waals surface area contributed by atoms with Crippen LogP contribution in [0.25, 0.3) is 11.6 Å². The van der Waals surface area contributed by atoms with Gasteiger partial charge in [0.2, 0.25) is 11.8 Å². The molecule has 4 rings (SSSR count). The van der Waals surface area contributed by atoms with Crippen LogP contribution in [0.2, 0.25) is 0 Å². The van der Waals surface area contributed by atoms with E-state index in [1.165, 1.54) is 11.1 Å². The highest BCUT2D eigenvalue weighted by Gasteiger charge is 2.22. The monoisotopic (exact) mass is 408 g/mol. The Kier molecular flexibility index (Phi) is 5.94. The molecule has 0 unspecified atom stereocenters. The molecule has 8 heteroatoms.